The molecule has 2 bridgehead atoms. The van der Waals surface area contributed by atoms with Gasteiger partial charge in [-0.15, -0.1) is 0 Å². The molecule has 0 amide bonds. The Morgan fingerprint density at radius 2 is 2.06 bits per heavy atom. The van der Waals surface area contributed by atoms with Gasteiger partial charge < -0.3 is 9.84 Å². The molecule has 0 aromatic rings. The topological polar surface area (TPSA) is 46.5 Å². The van der Waals surface area contributed by atoms with Gasteiger partial charge in [-0.05, 0) is 37.2 Å². The van der Waals surface area contributed by atoms with Crippen LogP contribution in [0.1, 0.15) is 47.0 Å². The highest BCUT2D eigenvalue weighted by molar-refractivity contribution is 6.01. The molecule has 1 saturated heterocycles. The Labute approximate surface area is 108 Å². The Balaban J connectivity index is 2.18. The van der Waals surface area contributed by atoms with Crippen LogP contribution in [-0.2, 0) is 9.53 Å². The van der Waals surface area contributed by atoms with E-state index in [1.165, 1.54) is 0 Å². The number of Topliss-reactive ketones (excluding diaryl/α,β-unsaturated/α-hetero) is 1. The molecule has 0 spiro atoms. The van der Waals surface area contributed by atoms with Crippen LogP contribution in [0.25, 0.3) is 0 Å². The van der Waals surface area contributed by atoms with Gasteiger partial charge in [0.1, 0.15) is 11.7 Å². The molecule has 3 heteroatoms. The van der Waals surface area contributed by atoms with Crippen LogP contribution in [0.4, 0.5) is 0 Å². The molecule has 0 radical (unpaired) electrons. The van der Waals surface area contributed by atoms with Gasteiger partial charge in [0.2, 0.25) is 0 Å². The summed E-state index contributed by atoms with van der Waals surface area (Å²) in [7, 11) is 0. The summed E-state index contributed by atoms with van der Waals surface area (Å²) in [5.41, 5.74) is 0.823. The second kappa shape index (κ2) is 3.45. The predicted molar refractivity (Wildman–Crippen MR) is 68.1 cm³/mol. The van der Waals surface area contributed by atoms with E-state index in [0.717, 1.165) is 24.0 Å². The van der Waals surface area contributed by atoms with Crippen LogP contribution in [0.5, 0.6) is 0 Å². The maximum atomic E-state index is 12.2. The van der Waals surface area contributed by atoms with Crippen molar-refractivity contribution in [3.8, 4) is 0 Å². The van der Waals surface area contributed by atoms with Gasteiger partial charge in [-0.1, -0.05) is 20.8 Å². The lowest BCUT2D eigenvalue weighted by molar-refractivity contribution is -0.166. The van der Waals surface area contributed by atoms with Crippen LogP contribution in [0.3, 0.4) is 0 Å². The minimum atomic E-state index is -0.607. The van der Waals surface area contributed by atoms with Crippen molar-refractivity contribution in [2.45, 2.75) is 64.3 Å². The second-order valence-corrected chi connectivity index (χ2v) is 6.70. The summed E-state index contributed by atoms with van der Waals surface area (Å²) in [4.78, 5) is 12.2. The normalized spacial score (nSPS) is 47.1. The summed E-state index contributed by atoms with van der Waals surface area (Å²) in [5.74, 6) is 0.603. The van der Waals surface area contributed by atoms with Crippen molar-refractivity contribution in [1.82, 2.24) is 0 Å². The SMILES string of the molecule is CC(C)[C@@]12CC[C@@](C)(O1)C1=C([C@H](C)CC1=O)[C@H]2O. The molecule has 0 saturated carbocycles. The van der Waals surface area contributed by atoms with Crippen LogP contribution in [0.15, 0.2) is 11.1 Å². The largest absolute Gasteiger partial charge is 0.386 e. The lowest BCUT2D eigenvalue weighted by Crippen LogP contribution is -2.54. The fourth-order valence-corrected chi connectivity index (χ4v) is 4.21. The lowest BCUT2D eigenvalue weighted by atomic mass is 9.77. The van der Waals surface area contributed by atoms with Gasteiger partial charge in [0, 0.05) is 12.0 Å². The van der Waals surface area contributed by atoms with Crippen molar-refractivity contribution in [2.75, 3.05) is 0 Å². The first kappa shape index (κ1) is 12.4. The highest BCUT2D eigenvalue weighted by Gasteiger charge is 2.62. The zero-order valence-electron chi connectivity index (χ0n) is 11.6. The first-order valence-electron chi connectivity index (χ1n) is 6.98. The molecule has 3 aliphatic rings. The molecule has 3 rings (SSSR count). The Morgan fingerprint density at radius 1 is 1.39 bits per heavy atom. The summed E-state index contributed by atoms with van der Waals surface area (Å²) >= 11 is 0. The van der Waals surface area contributed by atoms with E-state index in [2.05, 4.69) is 13.8 Å². The third kappa shape index (κ3) is 1.24. The molecule has 4 atom stereocenters. The second-order valence-electron chi connectivity index (χ2n) is 6.70. The van der Waals surface area contributed by atoms with Gasteiger partial charge in [0.25, 0.3) is 0 Å². The van der Waals surface area contributed by atoms with Crippen LogP contribution in [0.2, 0.25) is 0 Å². The van der Waals surface area contributed by atoms with E-state index in [1.807, 2.05) is 13.8 Å². The maximum absolute atomic E-state index is 12.2. The number of aliphatic hydroxyl groups is 1. The van der Waals surface area contributed by atoms with Crippen molar-refractivity contribution in [3.05, 3.63) is 11.1 Å². The van der Waals surface area contributed by atoms with Gasteiger partial charge in [0.05, 0.1) is 5.60 Å². The fraction of sp³-hybridized carbons (Fsp3) is 0.800. The number of fused-ring (bicyclic) bond motifs is 3. The van der Waals surface area contributed by atoms with Crippen molar-refractivity contribution in [2.24, 2.45) is 11.8 Å². The van der Waals surface area contributed by atoms with Crippen molar-refractivity contribution in [3.63, 3.8) is 0 Å². The van der Waals surface area contributed by atoms with E-state index >= 15 is 0 Å². The molecule has 1 N–H and O–H groups in total. The number of aliphatic hydroxyl groups excluding tert-OH is 1. The molecule has 1 fully saturated rings. The van der Waals surface area contributed by atoms with Gasteiger partial charge in [-0.25, -0.2) is 0 Å². The van der Waals surface area contributed by atoms with Crippen LogP contribution in [0, 0.1) is 11.8 Å². The molecule has 1 aliphatic carbocycles. The van der Waals surface area contributed by atoms with E-state index < -0.39 is 17.3 Å². The number of hydrogen-bond acceptors (Lipinski definition) is 3. The molecule has 100 valence electrons. The molecule has 2 aliphatic heterocycles. The summed E-state index contributed by atoms with van der Waals surface area (Å²) in [6.07, 6.45) is 1.62. The molecule has 18 heavy (non-hydrogen) atoms. The van der Waals surface area contributed by atoms with E-state index in [4.69, 9.17) is 4.74 Å². The third-order valence-electron chi connectivity index (χ3n) is 5.26. The summed E-state index contributed by atoms with van der Waals surface area (Å²) < 4.78 is 6.25. The number of carbonyl (C=O) groups is 1. The van der Waals surface area contributed by atoms with Gasteiger partial charge in [-0.2, -0.15) is 0 Å². The monoisotopic (exact) mass is 250 g/mol. The molecule has 0 aromatic heterocycles. The molecular formula is C15H22O3. The number of hydrogen-bond donors (Lipinski definition) is 1. The Morgan fingerprint density at radius 3 is 2.67 bits per heavy atom. The number of carbonyl (C=O) groups excluding carboxylic acids is 1. The lowest BCUT2D eigenvalue weighted by Gasteiger charge is -2.45. The summed E-state index contributed by atoms with van der Waals surface area (Å²) in [5, 5.41) is 10.8. The van der Waals surface area contributed by atoms with Gasteiger partial charge >= 0.3 is 0 Å². The van der Waals surface area contributed by atoms with E-state index in [0.29, 0.717) is 6.42 Å². The molecular weight excluding hydrogens is 228 g/mol. The molecule has 0 aromatic carbocycles. The molecule has 0 unspecified atom stereocenters. The van der Waals surface area contributed by atoms with Gasteiger partial charge in [-0.3, -0.25) is 4.79 Å². The predicted octanol–water partition coefficient (Wildman–Crippen LogP) is 2.23. The van der Waals surface area contributed by atoms with Crippen LogP contribution >= 0.6 is 0 Å². The minimum Gasteiger partial charge on any atom is -0.386 e. The van der Waals surface area contributed by atoms with E-state index in [1.54, 1.807) is 0 Å². The maximum Gasteiger partial charge on any atom is 0.162 e. The zero-order valence-corrected chi connectivity index (χ0v) is 11.6. The van der Waals surface area contributed by atoms with Crippen LogP contribution < -0.4 is 0 Å². The Kier molecular flexibility index (Phi) is 2.37. The minimum absolute atomic E-state index is 0.168. The average molecular weight is 250 g/mol. The first-order valence-corrected chi connectivity index (χ1v) is 6.98. The summed E-state index contributed by atoms with van der Waals surface area (Å²) in [6, 6.07) is 0. The van der Waals surface area contributed by atoms with E-state index in [-0.39, 0.29) is 17.6 Å². The average Bonchev–Trinajstić information content (AvgIpc) is 2.75. The Bertz CT molecular complexity index is 451. The first-order chi connectivity index (χ1) is 8.32. The van der Waals surface area contributed by atoms with Gasteiger partial charge in [0.15, 0.2) is 5.78 Å². The van der Waals surface area contributed by atoms with E-state index in [9.17, 15) is 9.90 Å². The van der Waals surface area contributed by atoms with Crippen LogP contribution in [-0.4, -0.2) is 28.2 Å². The molecule has 2 heterocycles. The number of ketones is 1. The Hall–Kier alpha value is -0.670. The summed E-state index contributed by atoms with van der Waals surface area (Å²) in [6.45, 7) is 8.27. The number of ether oxygens (including phenoxy) is 1. The highest BCUT2D eigenvalue weighted by Crippen LogP contribution is 2.57. The molecule has 3 nitrogen and oxygen atoms in total. The standard InChI is InChI=1S/C15H22O3/c1-8(2)15-6-5-14(4,18-15)12-10(16)7-9(3)11(12)13(15)17/h8-9,13,17H,5-7H2,1-4H3/t9-,13-,14-,15-/m1/s1. The van der Waals surface area contributed by atoms with Crippen molar-refractivity contribution >= 4 is 5.78 Å². The fourth-order valence-electron chi connectivity index (χ4n) is 4.21. The van der Waals surface area contributed by atoms with Crippen molar-refractivity contribution < 1.29 is 14.6 Å². The quantitative estimate of drug-likeness (QED) is 0.776. The highest BCUT2D eigenvalue weighted by atomic mass is 16.5. The number of rotatable bonds is 1. The smallest absolute Gasteiger partial charge is 0.162 e. The third-order valence-corrected chi connectivity index (χ3v) is 5.26. The van der Waals surface area contributed by atoms with Crippen molar-refractivity contribution in [1.29, 1.82) is 0 Å². The zero-order chi connectivity index (χ0) is 13.3.